The number of hydrogen-bond donors (Lipinski definition) is 1. The summed E-state index contributed by atoms with van der Waals surface area (Å²) in [6.45, 7) is 0. The molecule has 0 atom stereocenters. The summed E-state index contributed by atoms with van der Waals surface area (Å²) in [4.78, 5) is 15.7. The summed E-state index contributed by atoms with van der Waals surface area (Å²) in [6, 6.07) is 0. The van der Waals surface area contributed by atoms with Crippen LogP contribution in [0.2, 0.25) is 0 Å². The van der Waals surface area contributed by atoms with Crippen molar-refractivity contribution in [2.45, 2.75) is 24.8 Å². The molecule has 1 fully saturated rings. The Labute approximate surface area is 76.8 Å². The quantitative estimate of drug-likeness (QED) is 0.672. The van der Waals surface area contributed by atoms with Crippen molar-refractivity contribution >= 4 is 5.78 Å². The maximum Gasteiger partial charge on any atom is 0.200 e. The molecule has 4 nitrogen and oxygen atoms in total. The Kier molecular flexibility index (Phi) is 1.73. The first-order valence-corrected chi connectivity index (χ1v) is 4.43. The Hall–Kier alpha value is -1.16. The van der Waals surface area contributed by atoms with Gasteiger partial charge in [0.25, 0.3) is 0 Å². The van der Waals surface area contributed by atoms with E-state index in [0.717, 1.165) is 19.3 Å². The van der Waals surface area contributed by atoms with Gasteiger partial charge in [0.2, 0.25) is 5.78 Å². The van der Waals surface area contributed by atoms with Gasteiger partial charge in [-0.05, 0) is 19.3 Å². The molecule has 0 unspecified atom stereocenters. The number of imidazole rings is 1. The van der Waals surface area contributed by atoms with Gasteiger partial charge in [0, 0.05) is 7.05 Å². The number of aromatic nitrogens is 2. The van der Waals surface area contributed by atoms with E-state index in [4.69, 9.17) is 5.73 Å². The van der Waals surface area contributed by atoms with Crippen molar-refractivity contribution in [2.24, 2.45) is 12.8 Å². The maximum atomic E-state index is 11.8. The Morgan fingerprint density at radius 1 is 1.69 bits per heavy atom. The molecule has 1 aliphatic carbocycles. The van der Waals surface area contributed by atoms with Gasteiger partial charge in [0.05, 0.1) is 18.1 Å². The van der Waals surface area contributed by atoms with Gasteiger partial charge in [0.1, 0.15) is 5.69 Å². The normalized spacial score (nSPS) is 19.5. The van der Waals surface area contributed by atoms with E-state index >= 15 is 0 Å². The van der Waals surface area contributed by atoms with Crippen molar-refractivity contribution in [2.75, 3.05) is 0 Å². The lowest BCUT2D eigenvalue weighted by atomic mass is 9.74. The Morgan fingerprint density at radius 2 is 2.38 bits per heavy atom. The molecule has 2 rings (SSSR count). The molecule has 0 saturated heterocycles. The molecule has 2 N–H and O–H groups in total. The highest BCUT2D eigenvalue weighted by atomic mass is 16.1. The van der Waals surface area contributed by atoms with Gasteiger partial charge in [-0.1, -0.05) is 0 Å². The van der Waals surface area contributed by atoms with E-state index < -0.39 is 5.54 Å². The highest BCUT2D eigenvalue weighted by Crippen LogP contribution is 2.31. The third-order valence-corrected chi connectivity index (χ3v) is 2.75. The van der Waals surface area contributed by atoms with Crippen molar-refractivity contribution in [3.63, 3.8) is 0 Å². The van der Waals surface area contributed by atoms with Crippen LogP contribution < -0.4 is 5.73 Å². The predicted octanol–water partition coefficient (Wildman–Crippen LogP) is 0.484. The zero-order valence-corrected chi connectivity index (χ0v) is 7.66. The second kappa shape index (κ2) is 2.67. The number of ketones is 1. The van der Waals surface area contributed by atoms with Crippen LogP contribution in [0.25, 0.3) is 0 Å². The van der Waals surface area contributed by atoms with Gasteiger partial charge in [-0.25, -0.2) is 4.98 Å². The van der Waals surface area contributed by atoms with Crippen LogP contribution in [0.15, 0.2) is 12.5 Å². The fourth-order valence-electron chi connectivity index (χ4n) is 1.62. The van der Waals surface area contributed by atoms with Crippen LogP contribution in [0.1, 0.15) is 29.8 Å². The van der Waals surface area contributed by atoms with Crippen LogP contribution in [0.5, 0.6) is 0 Å². The molecular formula is C9H13N3O. The molecule has 13 heavy (non-hydrogen) atoms. The maximum absolute atomic E-state index is 11.8. The average Bonchev–Trinajstić information content (AvgIpc) is 2.46. The van der Waals surface area contributed by atoms with E-state index in [1.807, 2.05) is 7.05 Å². The number of rotatable bonds is 2. The van der Waals surface area contributed by atoms with Gasteiger partial charge < -0.3 is 10.3 Å². The smallest absolute Gasteiger partial charge is 0.200 e. The van der Waals surface area contributed by atoms with Gasteiger partial charge in [-0.2, -0.15) is 0 Å². The lowest BCUT2D eigenvalue weighted by Gasteiger charge is -2.36. The van der Waals surface area contributed by atoms with E-state index in [0.29, 0.717) is 5.69 Å². The Balaban J connectivity index is 2.27. The predicted molar refractivity (Wildman–Crippen MR) is 48.3 cm³/mol. The number of carbonyl (C=O) groups is 1. The van der Waals surface area contributed by atoms with Gasteiger partial charge in [-0.15, -0.1) is 0 Å². The van der Waals surface area contributed by atoms with Gasteiger partial charge in [-0.3, -0.25) is 4.79 Å². The van der Waals surface area contributed by atoms with Crippen molar-refractivity contribution < 1.29 is 4.79 Å². The minimum absolute atomic E-state index is 0.0266. The van der Waals surface area contributed by atoms with Crippen molar-refractivity contribution in [3.8, 4) is 0 Å². The standard InChI is InChI=1S/C9H13N3O/c1-12-6-11-5-7(12)8(13)9(10)3-2-4-9/h5-6H,2-4,10H2,1H3. The van der Waals surface area contributed by atoms with Crippen molar-refractivity contribution in [3.05, 3.63) is 18.2 Å². The fourth-order valence-corrected chi connectivity index (χ4v) is 1.62. The molecule has 0 spiro atoms. The summed E-state index contributed by atoms with van der Waals surface area (Å²) in [5, 5.41) is 0. The Morgan fingerprint density at radius 3 is 2.77 bits per heavy atom. The molecule has 0 aliphatic heterocycles. The molecular weight excluding hydrogens is 166 g/mol. The molecule has 0 radical (unpaired) electrons. The van der Waals surface area contributed by atoms with Gasteiger partial charge >= 0.3 is 0 Å². The first-order valence-electron chi connectivity index (χ1n) is 4.43. The number of Topliss-reactive ketones (excluding diaryl/α,β-unsaturated/α-hetero) is 1. The Bertz CT molecular complexity index is 338. The number of nitrogens with zero attached hydrogens (tertiary/aromatic N) is 2. The van der Waals surface area contributed by atoms with Crippen molar-refractivity contribution in [1.29, 1.82) is 0 Å². The monoisotopic (exact) mass is 179 g/mol. The summed E-state index contributed by atoms with van der Waals surface area (Å²) in [5.41, 5.74) is 5.93. The molecule has 70 valence electrons. The molecule has 1 aromatic rings. The zero-order valence-electron chi connectivity index (χ0n) is 7.66. The van der Waals surface area contributed by atoms with Crippen molar-refractivity contribution in [1.82, 2.24) is 9.55 Å². The first-order chi connectivity index (χ1) is 6.13. The van der Waals surface area contributed by atoms with E-state index in [9.17, 15) is 4.79 Å². The topological polar surface area (TPSA) is 60.9 Å². The SMILES string of the molecule is Cn1cncc1C(=O)C1(N)CCC1. The van der Waals surface area contributed by atoms with Crippen LogP contribution in [0.4, 0.5) is 0 Å². The summed E-state index contributed by atoms with van der Waals surface area (Å²) >= 11 is 0. The second-order valence-corrected chi connectivity index (χ2v) is 3.73. The van der Waals surface area contributed by atoms with E-state index in [1.165, 1.54) is 0 Å². The third-order valence-electron chi connectivity index (χ3n) is 2.75. The van der Waals surface area contributed by atoms with Crippen LogP contribution in [-0.4, -0.2) is 20.9 Å². The molecule has 0 aromatic carbocycles. The van der Waals surface area contributed by atoms with Gasteiger partial charge in [0.15, 0.2) is 0 Å². The summed E-state index contributed by atoms with van der Waals surface area (Å²) in [7, 11) is 1.81. The average molecular weight is 179 g/mol. The van der Waals surface area contributed by atoms with E-state index in [1.54, 1.807) is 17.1 Å². The summed E-state index contributed by atoms with van der Waals surface area (Å²) < 4.78 is 1.72. The highest BCUT2D eigenvalue weighted by molar-refractivity contribution is 6.02. The van der Waals surface area contributed by atoms with E-state index in [-0.39, 0.29) is 5.78 Å². The third kappa shape index (κ3) is 1.18. The number of hydrogen-bond acceptors (Lipinski definition) is 3. The largest absolute Gasteiger partial charge is 0.331 e. The number of nitrogens with two attached hydrogens (primary N) is 1. The lowest BCUT2D eigenvalue weighted by molar-refractivity contribution is 0.0791. The molecule has 1 saturated carbocycles. The lowest BCUT2D eigenvalue weighted by Crippen LogP contribution is -2.54. The zero-order chi connectivity index (χ0) is 9.47. The van der Waals surface area contributed by atoms with Crippen LogP contribution >= 0.6 is 0 Å². The minimum Gasteiger partial charge on any atom is -0.331 e. The van der Waals surface area contributed by atoms with Crippen LogP contribution in [0.3, 0.4) is 0 Å². The molecule has 1 aromatic heterocycles. The summed E-state index contributed by atoms with van der Waals surface area (Å²) in [6.07, 6.45) is 5.86. The molecule has 0 amide bonds. The highest BCUT2D eigenvalue weighted by Gasteiger charge is 2.41. The number of carbonyl (C=O) groups excluding carboxylic acids is 1. The number of aryl methyl sites for hydroxylation is 1. The summed E-state index contributed by atoms with van der Waals surface area (Å²) in [5.74, 6) is 0.0266. The molecule has 1 aliphatic rings. The molecule has 1 heterocycles. The second-order valence-electron chi connectivity index (χ2n) is 3.73. The van der Waals surface area contributed by atoms with Crippen LogP contribution in [0, 0.1) is 0 Å². The molecule has 0 bridgehead atoms. The minimum atomic E-state index is -0.603. The molecule has 4 heteroatoms. The van der Waals surface area contributed by atoms with Crippen LogP contribution in [-0.2, 0) is 7.05 Å². The van der Waals surface area contributed by atoms with E-state index in [2.05, 4.69) is 4.98 Å². The fraction of sp³-hybridized carbons (Fsp3) is 0.556. The first kappa shape index (κ1) is 8.44.